The largest absolute Gasteiger partial charge is 0.384 e. The van der Waals surface area contributed by atoms with Crippen molar-refractivity contribution < 1.29 is 9.84 Å². The fraction of sp³-hybridized carbons (Fsp3) is 0.500. The highest BCUT2D eigenvalue weighted by Gasteiger charge is 2.30. The molecule has 3 nitrogen and oxygen atoms in total. The van der Waals surface area contributed by atoms with Crippen molar-refractivity contribution in [2.45, 2.75) is 25.9 Å². The van der Waals surface area contributed by atoms with E-state index in [0.29, 0.717) is 0 Å². The third kappa shape index (κ3) is 3.81. The Kier molecular flexibility index (Phi) is 4.60. The fourth-order valence-corrected chi connectivity index (χ4v) is 2.24. The van der Waals surface area contributed by atoms with Crippen LogP contribution in [-0.2, 0) is 11.3 Å². The van der Waals surface area contributed by atoms with Crippen molar-refractivity contribution in [2.75, 3.05) is 26.4 Å². The van der Waals surface area contributed by atoms with Gasteiger partial charge in [0.15, 0.2) is 0 Å². The van der Waals surface area contributed by atoms with Gasteiger partial charge >= 0.3 is 0 Å². The Balaban J connectivity index is 2.03. The Morgan fingerprint density at radius 2 is 2.05 bits per heavy atom. The maximum absolute atomic E-state index is 8.66. The van der Waals surface area contributed by atoms with E-state index in [1.807, 2.05) is 12.1 Å². The molecule has 0 radical (unpaired) electrons. The standard InChI is InChI=1S/C16H21NO2/c1-16(2)13-19-11-9-17(16)12-15-7-5-14(6-8-15)4-3-10-18/h5-8,18H,9-13H2,1-2H3. The highest BCUT2D eigenvalue weighted by atomic mass is 16.5. The quantitative estimate of drug-likeness (QED) is 0.820. The Labute approximate surface area is 115 Å². The summed E-state index contributed by atoms with van der Waals surface area (Å²) in [5.41, 5.74) is 2.32. The third-order valence-corrected chi connectivity index (χ3v) is 3.46. The van der Waals surface area contributed by atoms with Crippen LogP contribution in [0, 0.1) is 11.8 Å². The number of rotatable bonds is 2. The zero-order valence-corrected chi connectivity index (χ0v) is 11.6. The first kappa shape index (κ1) is 14.1. The second-order valence-corrected chi connectivity index (χ2v) is 5.44. The molecule has 0 bridgehead atoms. The molecule has 0 unspecified atom stereocenters. The molecule has 1 fully saturated rings. The van der Waals surface area contributed by atoms with E-state index in [9.17, 15) is 0 Å². The molecule has 1 aliphatic rings. The molecular formula is C16H21NO2. The lowest BCUT2D eigenvalue weighted by atomic mass is 10.0. The summed E-state index contributed by atoms with van der Waals surface area (Å²) in [4.78, 5) is 2.45. The molecule has 102 valence electrons. The predicted octanol–water partition coefficient (Wildman–Crippen LogP) is 1.64. The lowest BCUT2D eigenvalue weighted by Crippen LogP contribution is -2.52. The fourth-order valence-electron chi connectivity index (χ4n) is 2.24. The van der Waals surface area contributed by atoms with Crippen LogP contribution < -0.4 is 0 Å². The van der Waals surface area contributed by atoms with E-state index in [2.05, 4.69) is 42.7 Å². The van der Waals surface area contributed by atoms with Crippen LogP contribution >= 0.6 is 0 Å². The van der Waals surface area contributed by atoms with E-state index in [1.165, 1.54) is 5.56 Å². The maximum Gasteiger partial charge on any atom is 0.104 e. The average Bonchev–Trinajstić information content (AvgIpc) is 2.40. The molecule has 1 N–H and O–H groups in total. The van der Waals surface area contributed by atoms with Gasteiger partial charge in [0.05, 0.1) is 13.2 Å². The zero-order valence-electron chi connectivity index (χ0n) is 11.6. The van der Waals surface area contributed by atoms with Crippen molar-refractivity contribution in [1.29, 1.82) is 0 Å². The molecule has 1 saturated heterocycles. The Morgan fingerprint density at radius 3 is 2.68 bits per heavy atom. The Bertz CT molecular complexity index is 468. The summed E-state index contributed by atoms with van der Waals surface area (Å²) in [5.74, 6) is 5.56. The molecule has 0 aliphatic carbocycles. The number of nitrogens with zero attached hydrogens (tertiary/aromatic N) is 1. The zero-order chi connectivity index (χ0) is 13.7. The van der Waals surface area contributed by atoms with Gasteiger partial charge in [-0.1, -0.05) is 24.0 Å². The summed E-state index contributed by atoms with van der Waals surface area (Å²) in [6.45, 7) is 7.84. The Morgan fingerprint density at radius 1 is 1.32 bits per heavy atom. The summed E-state index contributed by atoms with van der Waals surface area (Å²) >= 11 is 0. The van der Waals surface area contributed by atoms with E-state index < -0.39 is 0 Å². The average molecular weight is 259 g/mol. The summed E-state index contributed by atoms with van der Waals surface area (Å²) in [6.07, 6.45) is 0. The van der Waals surface area contributed by atoms with Crippen LogP contribution in [0.5, 0.6) is 0 Å². The minimum Gasteiger partial charge on any atom is -0.384 e. The number of aliphatic hydroxyl groups is 1. The number of hydrogen-bond donors (Lipinski definition) is 1. The van der Waals surface area contributed by atoms with Crippen LogP contribution in [0.3, 0.4) is 0 Å². The molecule has 3 heteroatoms. The molecule has 1 aliphatic heterocycles. The summed E-state index contributed by atoms with van der Waals surface area (Å²) in [6, 6.07) is 8.22. The van der Waals surface area contributed by atoms with E-state index >= 15 is 0 Å². The van der Waals surface area contributed by atoms with Crippen LogP contribution in [0.25, 0.3) is 0 Å². The van der Waals surface area contributed by atoms with Crippen molar-refractivity contribution in [3.63, 3.8) is 0 Å². The van der Waals surface area contributed by atoms with Crippen molar-refractivity contribution >= 4 is 0 Å². The van der Waals surface area contributed by atoms with Gasteiger partial charge in [0, 0.05) is 24.2 Å². The van der Waals surface area contributed by atoms with Crippen molar-refractivity contribution in [3.05, 3.63) is 35.4 Å². The maximum atomic E-state index is 8.66. The number of ether oxygens (including phenoxy) is 1. The third-order valence-electron chi connectivity index (χ3n) is 3.46. The lowest BCUT2D eigenvalue weighted by molar-refractivity contribution is -0.0552. The van der Waals surface area contributed by atoms with Gasteiger partial charge in [-0.3, -0.25) is 4.90 Å². The first-order chi connectivity index (χ1) is 9.12. The molecule has 19 heavy (non-hydrogen) atoms. The van der Waals surface area contributed by atoms with Gasteiger partial charge in [-0.2, -0.15) is 0 Å². The van der Waals surface area contributed by atoms with Gasteiger partial charge in [0.25, 0.3) is 0 Å². The highest BCUT2D eigenvalue weighted by molar-refractivity contribution is 5.36. The van der Waals surface area contributed by atoms with Crippen molar-refractivity contribution in [3.8, 4) is 11.8 Å². The van der Waals surface area contributed by atoms with E-state index in [-0.39, 0.29) is 12.1 Å². The molecule has 0 aromatic heterocycles. The minimum absolute atomic E-state index is 0.0909. The SMILES string of the molecule is CC1(C)COCCN1Cc1ccc(C#CCO)cc1. The second kappa shape index (κ2) is 6.21. The van der Waals surface area contributed by atoms with E-state index in [4.69, 9.17) is 9.84 Å². The Hall–Kier alpha value is -1.34. The molecule has 1 heterocycles. The van der Waals surface area contributed by atoms with Crippen LogP contribution in [0.15, 0.2) is 24.3 Å². The van der Waals surface area contributed by atoms with Crippen molar-refractivity contribution in [1.82, 2.24) is 4.90 Å². The predicted molar refractivity (Wildman–Crippen MR) is 75.7 cm³/mol. The molecule has 0 saturated carbocycles. The van der Waals surface area contributed by atoms with Crippen LogP contribution in [0.2, 0.25) is 0 Å². The molecule has 1 aromatic rings. The number of morpholine rings is 1. The van der Waals surface area contributed by atoms with Crippen LogP contribution in [-0.4, -0.2) is 41.9 Å². The van der Waals surface area contributed by atoms with Gasteiger partial charge in [-0.25, -0.2) is 0 Å². The molecule has 2 rings (SSSR count). The van der Waals surface area contributed by atoms with Crippen LogP contribution in [0.4, 0.5) is 0 Å². The number of hydrogen-bond acceptors (Lipinski definition) is 3. The first-order valence-electron chi connectivity index (χ1n) is 6.63. The van der Waals surface area contributed by atoms with Gasteiger partial charge < -0.3 is 9.84 Å². The molecular weight excluding hydrogens is 238 g/mol. The highest BCUT2D eigenvalue weighted by Crippen LogP contribution is 2.21. The summed E-state index contributed by atoms with van der Waals surface area (Å²) in [5, 5.41) is 8.66. The summed E-state index contributed by atoms with van der Waals surface area (Å²) < 4.78 is 5.53. The van der Waals surface area contributed by atoms with Crippen LogP contribution in [0.1, 0.15) is 25.0 Å². The lowest BCUT2D eigenvalue weighted by Gasteiger charge is -2.42. The monoisotopic (exact) mass is 259 g/mol. The minimum atomic E-state index is -0.0935. The second-order valence-electron chi connectivity index (χ2n) is 5.44. The molecule has 1 aromatic carbocycles. The van der Waals surface area contributed by atoms with Gasteiger partial charge in [0.2, 0.25) is 0 Å². The smallest absolute Gasteiger partial charge is 0.104 e. The number of aliphatic hydroxyl groups excluding tert-OH is 1. The topological polar surface area (TPSA) is 32.7 Å². The van der Waals surface area contributed by atoms with Crippen molar-refractivity contribution in [2.24, 2.45) is 0 Å². The normalized spacial score (nSPS) is 18.7. The van der Waals surface area contributed by atoms with E-state index in [1.54, 1.807) is 0 Å². The number of benzene rings is 1. The molecule has 0 atom stereocenters. The first-order valence-corrected chi connectivity index (χ1v) is 6.63. The van der Waals surface area contributed by atoms with Gasteiger partial charge in [0.1, 0.15) is 6.61 Å². The summed E-state index contributed by atoms with van der Waals surface area (Å²) in [7, 11) is 0. The van der Waals surface area contributed by atoms with Gasteiger partial charge in [-0.15, -0.1) is 0 Å². The molecule has 0 amide bonds. The van der Waals surface area contributed by atoms with E-state index in [0.717, 1.165) is 31.9 Å². The molecule has 0 spiro atoms. The van der Waals surface area contributed by atoms with Gasteiger partial charge in [-0.05, 0) is 31.5 Å².